The molecule has 0 atom stereocenters. The number of nitrogens with zero attached hydrogens (tertiary/aromatic N) is 4. The maximum atomic E-state index is 11.9. The van der Waals surface area contributed by atoms with Crippen LogP contribution in [-0.4, -0.2) is 59.5 Å². The molecule has 0 aliphatic carbocycles. The first kappa shape index (κ1) is 13.6. The van der Waals surface area contributed by atoms with E-state index in [1.807, 2.05) is 7.05 Å². The molecule has 96 valence electrons. The summed E-state index contributed by atoms with van der Waals surface area (Å²) in [6.07, 6.45) is 2.54. The third kappa shape index (κ3) is 4.12. The second-order valence-corrected chi connectivity index (χ2v) is 3.84. The van der Waals surface area contributed by atoms with Crippen molar-refractivity contribution in [2.45, 2.75) is 13.0 Å². The minimum absolute atomic E-state index is 0.107. The van der Waals surface area contributed by atoms with Gasteiger partial charge in [-0.05, 0) is 20.0 Å². The molecule has 0 saturated heterocycles. The molecule has 0 fully saturated rings. The SMILES string of the molecule is CNCCCN(C)C(=O)c1cn(CCN)nn1. The third-order valence-corrected chi connectivity index (χ3v) is 2.38. The molecule has 1 aromatic heterocycles. The summed E-state index contributed by atoms with van der Waals surface area (Å²) in [4.78, 5) is 13.6. The summed E-state index contributed by atoms with van der Waals surface area (Å²) < 4.78 is 1.58. The van der Waals surface area contributed by atoms with Gasteiger partial charge in [0, 0.05) is 20.1 Å². The number of rotatable bonds is 7. The predicted octanol–water partition coefficient (Wildman–Crippen LogP) is -1.08. The normalized spacial score (nSPS) is 10.5. The molecule has 1 rings (SSSR count). The van der Waals surface area contributed by atoms with Crippen LogP contribution in [0.1, 0.15) is 16.9 Å². The lowest BCUT2D eigenvalue weighted by Crippen LogP contribution is -2.29. The van der Waals surface area contributed by atoms with Crippen LogP contribution in [0.4, 0.5) is 0 Å². The number of aromatic nitrogens is 3. The standard InChI is InChI=1S/C10H20N6O/c1-12-5-3-6-15(2)10(17)9-8-16(7-4-11)14-13-9/h8,12H,3-7,11H2,1-2H3. The molecular weight excluding hydrogens is 220 g/mol. The smallest absolute Gasteiger partial charge is 0.275 e. The van der Waals surface area contributed by atoms with Gasteiger partial charge in [-0.25, -0.2) is 0 Å². The van der Waals surface area contributed by atoms with Crippen LogP contribution < -0.4 is 11.1 Å². The Balaban J connectivity index is 2.49. The van der Waals surface area contributed by atoms with Crippen LogP contribution in [0.25, 0.3) is 0 Å². The Bertz CT molecular complexity index is 350. The molecule has 0 bridgehead atoms. The monoisotopic (exact) mass is 240 g/mol. The van der Waals surface area contributed by atoms with Gasteiger partial charge in [-0.2, -0.15) is 0 Å². The summed E-state index contributed by atoms with van der Waals surface area (Å²) in [6.45, 7) is 2.64. The summed E-state index contributed by atoms with van der Waals surface area (Å²) in [5, 5.41) is 10.7. The second-order valence-electron chi connectivity index (χ2n) is 3.84. The molecule has 1 aromatic rings. The van der Waals surface area contributed by atoms with Crippen LogP contribution in [-0.2, 0) is 6.54 Å². The van der Waals surface area contributed by atoms with Gasteiger partial charge in [-0.3, -0.25) is 9.48 Å². The minimum atomic E-state index is -0.107. The first-order chi connectivity index (χ1) is 8.19. The van der Waals surface area contributed by atoms with Crippen molar-refractivity contribution in [3.8, 4) is 0 Å². The molecule has 0 unspecified atom stereocenters. The van der Waals surface area contributed by atoms with Crippen LogP contribution in [0.15, 0.2) is 6.20 Å². The molecule has 0 radical (unpaired) electrons. The molecule has 1 amide bonds. The van der Waals surface area contributed by atoms with Crippen LogP contribution in [0.2, 0.25) is 0 Å². The van der Waals surface area contributed by atoms with Gasteiger partial charge >= 0.3 is 0 Å². The van der Waals surface area contributed by atoms with Crippen molar-refractivity contribution >= 4 is 5.91 Å². The summed E-state index contributed by atoms with van der Waals surface area (Å²) in [5.74, 6) is -0.107. The maximum absolute atomic E-state index is 11.9. The van der Waals surface area contributed by atoms with E-state index in [4.69, 9.17) is 5.73 Å². The molecule has 0 aliphatic rings. The summed E-state index contributed by atoms with van der Waals surface area (Å²) in [6, 6.07) is 0. The van der Waals surface area contributed by atoms with E-state index in [9.17, 15) is 4.79 Å². The van der Waals surface area contributed by atoms with Crippen LogP contribution in [0, 0.1) is 0 Å². The van der Waals surface area contributed by atoms with Crippen LogP contribution in [0.3, 0.4) is 0 Å². The number of carbonyl (C=O) groups is 1. The first-order valence-corrected chi connectivity index (χ1v) is 5.69. The third-order valence-electron chi connectivity index (χ3n) is 2.38. The lowest BCUT2D eigenvalue weighted by Gasteiger charge is -2.14. The van der Waals surface area contributed by atoms with Crippen molar-refractivity contribution in [3.63, 3.8) is 0 Å². The van der Waals surface area contributed by atoms with E-state index in [2.05, 4.69) is 15.6 Å². The Morgan fingerprint density at radius 2 is 2.41 bits per heavy atom. The zero-order valence-electron chi connectivity index (χ0n) is 10.4. The topological polar surface area (TPSA) is 89.1 Å². The van der Waals surface area contributed by atoms with Crippen molar-refractivity contribution in [1.29, 1.82) is 0 Å². The maximum Gasteiger partial charge on any atom is 0.275 e. The number of amides is 1. The molecule has 7 nitrogen and oxygen atoms in total. The highest BCUT2D eigenvalue weighted by atomic mass is 16.2. The molecule has 0 spiro atoms. The Morgan fingerprint density at radius 3 is 3.06 bits per heavy atom. The molecular formula is C10H20N6O. The number of hydrogen-bond acceptors (Lipinski definition) is 5. The molecule has 0 aromatic carbocycles. The van der Waals surface area contributed by atoms with Crippen LogP contribution in [0.5, 0.6) is 0 Å². The van der Waals surface area contributed by atoms with Crippen molar-refractivity contribution in [1.82, 2.24) is 25.2 Å². The fourth-order valence-corrected chi connectivity index (χ4v) is 1.43. The van der Waals surface area contributed by atoms with Crippen molar-refractivity contribution in [3.05, 3.63) is 11.9 Å². The van der Waals surface area contributed by atoms with Crippen molar-refractivity contribution in [2.24, 2.45) is 5.73 Å². The molecule has 3 N–H and O–H groups in total. The average Bonchev–Trinajstić information content (AvgIpc) is 2.77. The second kappa shape index (κ2) is 6.97. The zero-order valence-corrected chi connectivity index (χ0v) is 10.4. The highest BCUT2D eigenvalue weighted by molar-refractivity contribution is 5.91. The molecule has 0 saturated carbocycles. The van der Waals surface area contributed by atoms with Crippen molar-refractivity contribution < 1.29 is 4.79 Å². The van der Waals surface area contributed by atoms with Gasteiger partial charge in [0.1, 0.15) is 0 Å². The summed E-state index contributed by atoms with van der Waals surface area (Å²) in [7, 11) is 3.65. The Kier molecular flexibility index (Phi) is 5.58. The van der Waals surface area contributed by atoms with Gasteiger partial charge in [-0.1, -0.05) is 5.21 Å². The van der Waals surface area contributed by atoms with Gasteiger partial charge in [0.2, 0.25) is 0 Å². The van der Waals surface area contributed by atoms with Gasteiger partial charge in [0.05, 0.1) is 12.7 Å². The van der Waals surface area contributed by atoms with E-state index in [1.54, 1.807) is 22.8 Å². The van der Waals surface area contributed by atoms with E-state index in [0.29, 0.717) is 25.3 Å². The lowest BCUT2D eigenvalue weighted by molar-refractivity contribution is 0.0788. The van der Waals surface area contributed by atoms with E-state index in [1.165, 1.54) is 0 Å². The number of hydrogen-bond donors (Lipinski definition) is 2. The quantitative estimate of drug-likeness (QED) is 0.592. The summed E-state index contributed by atoms with van der Waals surface area (Å²) in [5.41, 5.74) is 5.76. The van der Waals surface area contributed by atoms with Gasteiger partial charge < -0.3 is 16.0 Å². The van der Waals surface area contributed by atoms with Crippen LogP contribution >= 0.6 is 0 Å². The fraction of sp³-hybridized carbons (Fsp3) is 0.700. The minimum Gasteiger partial charge on any atom is -0.340 e. The predicted molar refractivity (Wildman–Crippen MR) is 64.6 cm³/mol. The van der Waals surface area contributed by atoms with Gasteiger partial charge in [0.25, 0.3) is 5.91 Å². The first-order valence-electron chi connectivity index (χ1n) is 5.69. The highest BCUT2D eigenvalue weighted by Crippen LogP contribution is 1.99. The van der Waals surface area contributed by atoms with E-state index in [-0.39, 0.29) is 5.91 Å². The van der Waals surface area contributed by atoms with E-state index < -0.39 is 0 Å². The molecule has 17 heavy (non-hydrogen) atoms. The van der Waals surface area contributed by atoms with Gasteiger partial charge in [-0.15, -0.1) is 5.10 Å². The number of carbonyl (C=O) groups excluding carboxylic acids is 1. The van der Waals surface area contributed by atoms with Crippen molar-refractivity contribution in [2.75, 3.05) is 33.7 Å². The fourth-order valence-electron chi connectivity index (χ4n) is 1.43. The Morgan fingerprint density at radius 1 is 1.65 bits per heavy atom. The Hall–Kier alpha value is -1.47. The average molecular weight is 240 g/mol. The number of nitrogens with one attached hydrogen (secondary N) is 1. The summed E-state index contributed by atoms with van der Waals surface area (Å²) >= 11 is 0. The zero-order chi connectivity index (χ0) is 12.7. The molecule has 0 aliphatic heterocycles. The lowest BCUT2D eigenvalue weighted by atomic mass is 10.3. The van der Waals surface area contributed by atoms with E-state index >= 15 is 0 Å². The highest BCUT2D eigenvalue weighted by Gasteiger charge is 2.14. The van der Waals surface area contributed by atoms with E-state index in [0.717, 1.165) is 13.0 Å². The van der Waals surface area contributed by atoms with Gasteiger partial charge in [0.15, 0.2) is 5.69 Å². The molecule has 1 heterocycles. The molecule has 7 heteroatoms. The Labute approximate surface area is 101 Å². The largest absolute Gasteiger partial charge is 0.340 e. The number of nitrogens with two attached hydrogens (primary N) is 1.